The summed E-state index contributed by atoms with van der Waals surface area (Å²) in [6.07, 6.45) is 0. The summed E-state index contributed by atoms with van der Waals surface area (Å²) in [6.45, 7) is 8.51. The van der Waals surface area contributed by atoms with Crippen molar-refractivity contribution in [2.24, 2.45) is 0 Å². The second kappa shape index (κ2) is 9.13. The second-order valence-electron chi connectivity index (χ2n) is 8.14. The summed E-state index contributed by atoms with van der Waals surface area (Å²) in [7, 11) is 0. The van der Waals surface area contributed by atoms with Crippen LogP contribution in [0, 0.1) is 0 Å². The lowest BCUT2D eigenvalue weighted by Gasteiger charge is -2.37. The van der Waals surface area contributed by atoms with Crippen LogP contribution in [0.2, 0.25) is 5.02 Å². The summed E-state index contributed by atoms with van der Waals surface area (Å²) in [4.78, 5) is 2.59. The second-order valence-corrected chi connectivity index (χ2v) is 8.58. The maximum atomic E-state index is 6.12. The third-order valence-electron chi connectivity index (χ3n) is 5.87. The van der Waals surface area contributed by atoms with Crippen LogP contribution in [0.25, 0.3) is 11.1 Å². The maximum Gasteiger partial charge on any atom is 0.0476 e. The van der Waals surface area contributed by atoms with Crippen LogP contribution in [0.5, 0.6) is 0 Å². The summed E-state index contributed by atoms with van der Waals surface area (Å²) >= 11 is 6.12. The summed E-state index contributed by atoms with van der Waals surface area (Å²) in [5.74, 6) is 0.500. The first-order valence-corrected chi connectivity index (χ1v) is 10.9. The topological polar surface area (TPSA) is 15.3 Å². The van der Waals surface area contributed by atoms with Gasteiger partial charge in [-0.15, -0.1) is 0 Å². The third kappa shape index (κ3) is 4.56. The van der Waals surface area contributed by atoms with Gasteiger partial charge in [0.05, 0.1) is 0 Å². The van der Waals surface area contributed by atoms with Gasteiger partial charge in [0.2, 0.25) is 0 Å². The Morgan fingerprint density at radius 1 is 0.931 bits per heavy atom. The molecule has 150 valence electrons. The van der Waals surface area contributed by atoms with E-state index in [4.69, 9.17) is 11.6 Å². The number of hydrogen-bond donors (Lipinski definition) is 1. The molecule has 0 amide bonds. The molecule has 1 aliphatic rings. The average Bonchev–Trinajstić information content (AvgIpc) is 2.75. The Morgan fingerprint density at radius 3 is 2.38 bits per heavy atom. The Labute approximate surface area is 179 Å². The van der Waals surface area contributed by atoms with Crippen LogP contribution in [0.1, 0.15) is 42.5 Å². The summed E-state index contributed by atoms with van der Waals surface area (Å²) in [5.41, 5.74) is 6.83. The Kier molecular flexibility index (Phi) is 6.34. The molecule has 29 heavy (non-hydrogen) atoms. The molecule has 1 atom stereocenters. The number of benzene rings is 3. The maximum absolute atomic E-state index is 6.12. The minimum atomic E-state index is 0.356. The molecule has 1 heterocycles. The van der Waals surface area contributed by atoms with Crippen LogP contribution in [0.15, 0.2) is 72.8 Å². The first-order valence-electron chi connectivity index (χ1n) is 10.5. The van der Waals surface area contributed by atoms with Crippen molar-refractivity contribution >= 4 is 11.6 Å². The van der Waals surface area contributed by atoms with Crippen molar-refractivity contribution < 1.29 is 0 Å². The standard InChI is InChI=1S/C26H29ClN2/c1-19(2)23-8-5-6-10-25(23)24-9-4-3-7-21(24)18-29-16-15-28-17-26(29)20-11-13-22(27)14-12-20/h3-14,19,26,28H,15-18H2,1-2H3/t26-/m0/s1. The van der Waals surface area contributed by atoms with E-state index in [0.717, 1.165) is 31.2 Å². The quantitative estimate of drug-likeness (QED) is 0.538. The van der Waals surface area contributed by atoms with Crippen molar-refractivity contribution in [3.63, 3.8) is 0 Å². The monoisotopic (exact) mass is 404 g/mol. The zero-order valence-electron chi connectivity index (χ0n) is 17.2. The number of hydrogen-bond acceptors (Lipinski definition) is 2. The van der Waals surface area contributed by atoms with Crippen molar-refractivity contribution in [2.75, 3.05) is 19.6 Å². The molecule has 0 aliphatic carbocycles. The van der Waals surface area contributed by atoms with Gasteiger partial charge < -0.3 is 5.32 Å². The van der Waals surface area contributed by atoms with Crippen molar-refractivity contribution in [2.45, 2.75) is 32.4 Å². The van der Waals surface area contributed by atoms with E-state index in [0.29, 0.717) is 12.0 Å². The van der Waals surface area contributed by atoms with Gasteiger partial charge in [-0.2, -0.15) is 0 Å². The Morgan fingerprint density at radius 2 is 1.62 bits per heavy atom. The fourth-order valence-electron chi connectivity index (χ4n) is 4.33. The van der Waals surface area contributed by atoms with Crippen molar-refractivity contribution in [3.05, 3.63) is 94.5 Å². The molecular weight excluding hydrogens is 376 g/mol. The van der Waals surface area contributed by atoms with Crippen LogP contribution in [0.3, 0.4) is 0 Å². The van der Waals surface area contributed by atoms with Gasteiger partial charge in [0.15, 0.2) is 0 Å². The fourth-order valence-corrected chi connectivity index (χ4v) is 4.46. The number of piperazine rings is 1. The molecular formula is C26H29ClN2. The molecule has 2 nitrogen and oxygen atoms in total. The van der Waals surface area contributed by atoms with E-state index in [1.807, 2.05) is 12.1 Å². The van der Waals surface area contributed by atoms with Crippen molar-refractivity contribution in [3.8, 4) is 11.1 Å². The summed E-state index contributed by atoms with van der Waals surface area (Å²) < 4.78 is 0. The van der Waals surface area contributed by atoms with Crippen LogP contribution in [0.4, 0.5) is 0 Å². The molecule has 3 aromatic rings. The fraction of sp³-hybridized carbons (Fsp3) is 0.308. The molecule has 0 radical (unpaired) electrons. The molecule has 0 unspecified atom stereocenters. The summed E-state index contributed by atoms with van der Waals surface area (Å²) in [6, 6.07) is 26.4. The molecule has 1 fully saturated rings. The highest BCUT2D eigenvalue weighted by molar-refractivity contribution is 6.30. The van der Waals surface area contributed by atoms with Gasteiger partial charge in [-0.05, 0) is 45.9 Å². The summed E-state index contributed by atoms with van der Waals surface area (Å²) in [5, 5.41) is 4.35. The lowest BCUT2D eigenvalue weighted by Crippen LogP contribution is -2.45. The zero-order chi connectivity index (χ0) is 20.2. The van der Waals surface area contributed by atoms with Crippen LogP contribution in [-0.2, 0) is 6.54 Å². The van der Waals surface area contributed by atoms with Crippen LogP contribution >= 0.6 is 11.6 Å². The van der Waals surface area contributed by atoms with Crippen LogP contribution < -0.4 is 5.32 Å². The van der Waals surface area contributed by atoms with Gasteiger partial charge in [0, 0.05) is 37.2 Å². The average molecular weight is 405 g/mol. The van der Waals surface area contributed by atoms with Gasteiger partial charge >= 0.3 is 0 Å². The molecule has 1 saturated heterocycles. The predicted octanol–water partition coefficient (Wildman–Crippen LogP) is 6.28. The van der Waals surface area contributed by atoms with E-state index in [-0.39, 0.29) is 0 Å². The van der Waals surface area contributed by atoms with E-state index >= 15 is 0 Å². The lowest BCUT2D eigenvalue weighted by atomic mass is 9.90. The van der Waals surface area contributed by atoms with E-state index in [1.54, 1.807) is 0 Å². The van der Waals surface area contributed by atoms with E-state index < -0.39 is 0 Å². The van der Waals surface area contributed by atoms with E-state index in [2.05, 4.69) is 84.7 Å². The molecule has 1 N–H and O–H groups in total. The van der Waals surface area contributed by atoms with Crippen molar-refractivity contribution in [1.82, 2.24) is 10.2 Å². The normalized spacial score (nSPS) is 17.6. The Bertz CT molecular complexity index is 949. The van der Waals surface area contributed by atoms with Crippen LogP contribution in [-0.4, -0.2) is 24.5 Å². The zero-order valence-corrected chi connectivity index (χ0v) is 18.0. The minimum absolute atomic E-state index is 0.356. The Hall–Kier alpha value is -2.13. The lowest BCUT2D eigenvalue weighted by molar-refractivity contribution is 0.154. The van der Waals surface area contributed by atoms with Gasteiger partial charge in [-0.1, -0.05) is 86.1 Å². The highest BCUT2D eigenvalue weighted by atomic mass is 35.5. The van der Waals surface area contributed by atoms with Gasteiger partial charge in [-0.3, -0.25) is 4.90 Å². The number of nitrogens with zero attached hydrogens (tertiary/aromatic N) is 1. The number of halogens is 1. The molecule has 0 aromatic heterocycles. The molecule has 3 aromatic carbocycles. The largest absolute Gasteiger partial charge is 0.314 e. The number of rotatable bonds is 5. The highest BCUT2D eigenvalue weighted by Crippen LogP contribution is 2.33. The van der Waals surface area contributed by atoms with Gasteiger partial charge in [-0.25, -0.2) is 0 Å². The van der Waals surface area contributed by atoms with E-state index in [1.165, 1.54) is 27.8 Å². The minimum Gasteiger partial charge on any atom is -0.314 e. The number of nitrogens with one attached hydrogen (secondary N) is 1. The predicted molar refractivity (Wildman–Crippen MR) is 123 cm³/mol. The molecule has 4 rings (SSSR count). The molecule has 0 saturated carbocycles. The molecule has 0 bridgehead atoms. The SMILES string of the molecule is CC(C)c1ccccc1-c1ccccc1CN1CCNC[C@H]1c1ccc(Cl)cc1. The molecule has 3 heteroatoms. The van der Waals surface area contributed by atoms with E-state index in [9.17, 15) is 0 Å². The first kappa shape index (κ1) is 20.2. The molecule has 1 aliphatic heterocycles. The van der Waals surface area contributed by atoms with Gasteiger partial charge in [0.25, 0.3) is 0 Å². The Balaban J connectivity index is 1.67. The van der Waals surface area contributed by atoms with Crippen molar-refractivity contribution in [1.29, 1.82) is 0 Å². The molecule has 0 spiro atoms. The highest BCUT2D eigenvalue weighted by Gasteiger charge is 2.25. The first-order chi connectivity index (χ1) is 14.1. The van der Waals surface area contributed by atoms with Gasteiger partial charge in [0.1, 0.15) is 0 Å². The third-order valence-corrected chi connectivity index (χ3v) is 6.12. The smallest absolute Gasteiger partial charge is 0.0476 e.